The second-order valence-corrected chi connectivity index (χ2v) is 5.04. The van der Waals surface area contributed by atoms with Gasteiger partial charge in [-0.2, -0.15) is 15.0 Å². The van der Waals surface area contributed by atoms with E-state index in [1.54, 1.807) is 18.3 Å². The summed E-state index contributed by atoms with van der Waals surface area (Å²) in [6.45, 7) is 0.567. The van der Waals surface area contributed by atoms with Gasteiger partial charge in [0.15, 0.2) is 5.82 Å². The maximum absolute atomic E-state index is 9.65. The summed E-state index contributed by atoms with van der Waals surface area (Å²) in [7, 11) is 0. The number of hydrogen-bond acceptors (Lipinski definition) is 7. The number of halogens is 1. The van der Waals surface area contributed by atoms with Crippen molar-refractivity contribution in [3.63, 3.8) is 0 Å². The van der Waals surface area contributed by atoms with Crippen LogP contribution in [0.2, 0.25) is 5.02 Å². The molecule has 0 atom stereocenters. The van der Waals surface area contributed by atoms with Crippen molar-refractivity contribution in [1.29, 1.82) is 0 Å². The molecule has 0 aliphatic heterocycles. The molecule has 2 heterocycles. The van der Waals surface area contributed by atoms with Crippen LogP contribution in [0.3, 0.4) is 0 Å². The van der Waals surface area contributed by atoms with E-state index in [-0.39, 0.29) is 11.8 Å². The number of hydrogen-bond donors (Lipinski definition) is 3. The average molecular weight is 329 g/mol. The van der Waals surface area contributed by atoms with E-state index >= 15 is 0 Å². The van der Waals surface area contributed by atoms with Gasteiger partial charge >= 0.3 is 6.01 Å². The lowest BCUT2D eigenvalue weighted by atomic mass is 10.2. The Kier molecular flexibility index (Phi) is 4.60. The third kappa shape index (κ3) is 4.12. The van der Waals surface area contributed by atoms with Crippen LogP contribution < -0.4 is 10.9 Å². The van der Waals surface area contributed by atoms with E-state index in [4.69, 9.17) is 11.6 Å². The summed E-state index contributed by atoms with van der Waals surface area (Å²) in [4.78, 5) is 16.0. The Bertz CT molecular complexity index is 799. The highest BCUT2D eigenvalue weighted by molar-refractivity contribution is 6.30. The monoisotopic (exact) mass is 328 g/mol. The first kappa shape index (κ1) is 15.1. The lowest BCUT2D eigenvalue weighted by Gasteiger charge is -2.08. The van der Waals surface area contributed by atoms with E-state index in [0.29, 0.717) is 17.3 Å². The quantitative estimate of drug-likeness (QED) is 0.619. The Morgan fingerprint density at radius 1 is 1.04 bits per heavy atom. The molecule has 0 bridgehead atoms. The van der Waals surface area contributed by atoms with E-state index in [0.717, 1.165) is 5.56 Å². The molecule has 0 aliphatic rings. The Morgan fingerprint density at radius 2 is 1.87 bits per heavy atom. The summed E-state index contributed by atoms with van der Waals surface area (Å²) < 4.78 is 0. The van der Waals surface area contributed by atoms with Gasteiger partial charge in [0.1, 0.15) is 5.69 Å². The Hall–Kier alpha value is -2.77. The molecule has 0 spiro atoms. The maximum atomic E-state index is 9.65. The molecule has 2 aromatic heterocycles. The summed E-state index contributed by atoms with van der Waals surface area (Å²) in [5.74, 6) is 0.411. The highest BCUT2D eigenvalue weighted by Gasteiger charge is 2.09. The highest BCUT2D eigenvalue weighted by Crippen LogP contribution is 2.19. The van der Waals surface area contributed by atoms with Gasteiger partial charge in [-0.15, -0.1) is 0 Å². The van der Waals surface area contributed by atoms with Crippen LogP contribution in [0.5, 0.6) is 6.01 Å². The molecule has 3 rings (SSSR count). The number of nitrogens with zero attached hydrogens (tertiary/aromatic N) is 4. The zero-order chi connectivity index (χ0) is 16.1. The number of benzene rings is 1. The van der Waals surface area contributed by atoms with Crippen LogP contribution in [-0.4, -0.2) is 25.0 Å². The molecule has 0 radical (unpaired) electrons. The standard InChI is InChI=1S/C15H13ClN6O/c16-11-6-7-17-12(8-11)13-19-14(21-15(23)20-13)22-18-9-10-4-2-1-3-5-10/h1-8,18H,9H2,(H2,19,20,21,22,23). The molecule has 0 saturated carbocycles. The van der Waals surface area contributed by atoms with Crippen molar-refractivity contribution in [3.8, 4) is 17.5 Å². The van der Waals surface area contributed by atoms with Crippen molar-refractivity contribution in [3.05, 3.63) is 59.2 Å². The first-order valence-electron chi connectivity index (χ1n) is 6.80. The van der Waals surface area contributed by atoms with Crippen LogP contribution in [-0.2, 0) is 6.54 Å². The van der Waals surface area contributed by atoms with Crippen molar-refractivity contribution in [2.24, 2.45) is 0 Å². The third-order valence-corrected chi connectivity index (χ3v) is 3.15. The zero-order valence-electron chi connectivity index (χ0n) is 11.9. The highest BCUT2D eigenvalue weighted by atomic mass is 35.5. The number of aromatic nitrogens is 4. The van der Waals surface area contributed by atoms with E-state index in [1.165, 1.54) is 0 Å². The van der Waals surface area contributed by atoms with Crippen LogP contribution in [0.1, 0.15) is 5.56 Å². The summed E-state index contributed by atoms with van der Waals surface area (Å²) in [6.07, 6.45) is 1.54. The van der Waals surface area contributed by atoms with E-state index in [1.807, 2.05) is 30.3 Å². The molecule has 1 aromatic carbocycles. The summed E-state index contributed by atoms with van der Waals surface area (Å²) in [5.41, 5.74) is 7.34. The average Bonchev–Trinajstić information content (AvgIpc) is 2.55. The molecule has 0 saturated heterocycles. The maximum Gasteiger partial charge on any atom is 0.319 e. The molecule has 116 valence electrons. The fourth-order valence-corrected chi connectivity index (χ4v) is 2.04. The van der Waals surface area contributed by atoms with Crippen molar-refractivity contribution < 1.29 is 5.11 Å². The predicted octanol–water partition coefficient (Wildman–Crippen LogP) is 2.41. The molecule has 0 unspecified atom stereocenters. The van der Waals surface area contributed by atoms with E-state index in [9.17, 15) is 5.11 Å². The van der Waals surface area contributed by atoms with Crippen molar-refractivity contribution in [2.45, 2.75) is 6.54 Å². The number of aromatic hydroxyl groups is 1. The number of nitrogens with one attached hydrogen (secondary N) is 2. The number of pyridine rings is 1. The van der Waals surface area contributed by atoms with Gasteiger partial charge in [-0.1, -0.05) is 41.9 Å². The van der Waals surface area contributed by atoms with Crippen LogP contribution in [0, 0.1) is 0 Å². The van der Waals surface area contributed by atoms with Gasteiger partial charge in [-0.05, 0) is 17.7 Å². The number of rotatable bonds is 5. The van der Waals surface area contributed by atoms with Crippen molar-refractivity contribution >= 4 is 17.5 Å². The molecule has 0 aliphatic carbocycles. The van der Waals surface area contributed by atoms with Gasteiger partial charge in [-0.25, -0.2) is 5.43 Å². The lowest BCUT2D eigenvalue weighted by Crippen LogP contribution is -2.22. The lowest BCUT2D eigenvalue weighted by molar-refractivity contribution is 0.429. The number of hydrazine groups is 1. The summed E-state index contributed by atoms with van der Waals surface area (Å²) in [5, 5.41) is 10.2. The topological polar surface area (TPSA) is 95.9 Å². The van der Waals surface area contributed by atoms with Crippen molar-refractivity contribution in [1.82, 2.24) is 25.4 Å². The molecular weight excluding hydrogens is 316 g/mol. The summed E-state index contributed by atoms with van der Waals surface area (Å²) >= 11 is 5.92. The molecule has 3 aromatic rings. The van der Waals surface area contributed by atoms with Gasteiger partial charge in [0.25, 0.3) is 0 Å². The van der Waals surface area contributed by atoms with Gasteiger partial charge in [0.2, 0.25) is 5.95 Å². The fraction of sp³-hybridized carbons (Fsp3) is 0.0667. The minimum atomic E-state index is -0.402. The van der Waals surface area contributed by atoms with Gasteiger partial charge in [0, 0.05) is 17.8 Å². The second-order valence-electron chi connectivity index (χ2n) is 4.61. The minimum absolute atomic E-state index is 0.185. The molecule has 0 amide bonds. The molecule has 0 fully saturated rings. The Balaban J connectivity index is 1.73. The minimum Gasteiger partial charge on any atom is -0.479 e. The van der Waals surface area contributed by atoms with Crippen molar-refractivity contribution in [2.75, 3.05) is 5.43 Å². The van der Waals surface area contributed by atoms with Crippen LogP contribution in [0.15, 0.2) is 48.7 Å². The first-order chi connectivity index (χ1) is 11.2. The molecule has 23 heavy (non-hydrogen) atoms. The molecule has 3 N–H and O–H groups in total. The SMILES string of the molecule is Oc1nc(NNCc2ccccc2)nc(-c2cc(Cl)ccn2)n1. The van der Waals surface area contributed by atoms with Crippen LogP contribution >= 0.6 is 11.6 Å². The van der Waals surface area contributed by atoms with Gasteiger partial charge in [-0.3, -0.25) is 10.4 Å². The van der Waals surface area contributed by atoms with Crippen LogP contribution in [0.4, 0.5) is 5.95 Å². The normalized spacial score (nSPS) is 10.5. The summed E-state index contributed by atoms with van der Waals surface area (Å²) in [6, 6.07) is 12.7. The fourth-order valence-electron chi connectivity index (χ4n) is 1.88. The molecular formula is C15H13ClN6O. The van der Waals surface area contributed by atoms with Gasteiger partial charge in [0.05, 0.1) is 0 Å². The zero-order valence-corrected chi connectivity index (χ0v) is 12.7. The molecule has 8 heteroatoms. The van der Waals surface area contributed by atoms with Crippen LogP contribution in [0.25, 0.3) is 11.5 Å². The third-order valence-electron chi connectivity index (χ3n) is 2.91. The first-order valence-corrected chi connectivity index (χ1v) is 7.18. The predicted molar refractivity (Wildman–Crippen MR) is 86.6 cm³/mol. The Labute approximate surface area is 137 Å². The smallest absolute Gasteiger partial charge is 0.319 e. The molecule has 7 nitrogen and oxygen atoms in total. The van der Waals surface area contributed by atoms with E-state index < -0.39 is 6.01 Å². The number of anilines is 1. The second kappa shape index (κ2) is 6.99. The Morgan fingerprint density at radius 3 is 2.65 bits per heavy atom. The largest absolute Gasteiger partial charge is 0.479 e. The van der Waals surface area contributed by atoms with E-state index in [2.05, 4.69) is 30.8 Å². The van der Waals surface area contributed by atoms with Gasteiger partial charge < -0.3 is 5.11 Å².